The summed E-state index contributed by atoms with van der Waals surface area (Å²) in [7, 11) is 0. The summed E-state index contributed by atoms with van der Waals surface area (Å²) in [5.41, 5.74) is 0. The fourth-order valence-corrected chi connectivity index (χ4v) is 268. The number of hydrogen-bond acceptors (Lipinski definition) is 2. The molecule has 16 heavy (non-hydrogen) atoms. The van der Waals surface area contributed by atoms with E-state index in [2.05, 4.69) is 67.6 Å². The van der Waals surface area contributed by atoms with Gasteiger partial charge < -0.3 is 0 Å². The molecular formula is C12H28S2Sn2. The second-order valence-electron chi connectivity index (χ2n) is 6.27. The fraction of sp³-hybridized carbons (Fsp3) is 1.00. The molecule has 0 bridgehead atoms. The summed E-state index contributed by atoms with van der Waals surface area (Å²) in [4.78, 5) is 0. The van der Waals surface area contributed by atoms with Gasteiger partial charge in [-0.25, -0.2) is 0 Å². The van der Waals surface area contributed by atoms with Crippen LogP contribution in [0, 0.1) is 0 Å². The van der Waals surface area contributed by atoms with Crippen LogP contribution in [0.25, 0.3) is 0 Å². The van der Waals surface area contributed by atoms with E-state index < -0.39 is 31.2 Å². The van der Waals surface area contributed by atoms with Crippen molar-refractivity contribution < 1.29 is 0 Å². The van der Waals surface area contributed by atoms with Gasteiger partial charge in [0.05, 0.1) is 0 Å². The third kappa shape index (κ3) is 2.60. The van der Waals surface area contributed by atoms with Gasteiger partial charge in [-0.1, -0.05) is 0 Å². The third-order valence-corrected chi connectivity index (χ3v) is 178. The van der Waals surface area contributed by atoms with Crippen LogP contribution in [-0.2, 0) is 0 Å². The normalized spacial score (nSPS) is 23.2. The molecule has 1 heterocycles. The molecule has 96 valence electrons. The minimum atomic E-state index is -1.84. The first-order valence-electron chi connectivity index (χ1n) is 6.59. The molecular weight excluding hydrogens is 446 g/mol. The van der Waals surface area contributed by atoms with Gasteiger partial charge in [0.15, 0.2) is 0 Å². The minimum absolute atomic E-state index is 1.02. The van der Waals surface area contributed by atoms with Crippen LogP contribution in [0.5, 0.6) is 0 Å². The average molecular weight is 474 g/mol. The molecule has 1 saturated heterocycles. The van der Waals surface area contributed by atoms with Crippen molar-refractivity contribution in [2.24, 2.45) is 0 Å². The van der Waals surface area contributed by atoms with Crippen LogP contribution < -0.4 is 0 Å². The van der Waals surface area contributed by atoms with E-state index in [9.17, 15) is 0 Å². The Balaban J connectivity index is 2.89. The van der Waals surface area contributed by atoms with Crippen molar-refractivity contribution >= 4 is 43.5 Å². The monoisotopic (exact) mass is 476 g/mol. The first-order chi connectivity index (χ1) is 7.19. The second kappa shape index (κ2) is 5.74. The van der Waals surface area contributed by atoms with E-state index in [-0.39, 0.29) is 0 Å². The van der Waals surface area contributed by atoms with Gasteiger partial charge in [0.25, 0.3) is 0 Å². The fourth-order valence-electron chi connectivity index (χ4n) is 2.78. The van der Waals surface area contributed by atoms with E-state index in [1.165, 1.54) is 0 Å². The zero-order valence-corrected chi connectivity index (χ0v) is 19.5. The van der Waals surface area contributed by atoms with E-state index in [0.717, 1.165) is 15.7 Å². The number of hydrogen-bond donors (Lipinski definition) is 0. The van der Waals surface area contributed by atoms with E-state index >= 15 is 0 Å². The Morgan fingerprint density at radius 3 is 0.812 bits per heavy atom. The first kappa shape index (κ1) is 16.4. The molecule has 1 rings (SSSR count). The molecule has 1 aliphatic heterocycles. The van der Waals surface area contributed by atoms with Crippen molar-refractivity contribution in [1.29, 1.82) is 0 Å². The molecule has 0 saturated carbocycles. The standard InChI is InChI=1S/4C3H7.2S.2Sn/c4*1-3-2;;;;/h4*3H,1-2H3;;;;. The van der Waals surface area contributed by atoms with Gasteiger partial charge >= 0.3 is 115 Å². The molecule has 0 amide bonds. The van der Waals surface area contributed by atoms with Gasteiger partial charge in [0.2, 0.25) is 0 Å². The van der Waals surface area contributed by atoms with Crippen LogP contribution in [0.2, 0.25) is 15.7 Å². The van der Waals surface area contributed by atoms with E-state index in [4.69, 9.17) is 0 Å². The van der Waals surface area contributed by atoms with Gasteiger partial charge in [0, 0.05) is 0 Å². The predicted octanol–water partition coefficient (Wildman–Crippen LogP) is 5.99. The maximum atomic E-state index is 2.68. The van der Waals surface area contributed by atoms with Crippen molar-refractivity contribution in [2.45, 2.75) is 71.1 Å². The summed E-state index contributed by atoms with van der Waals surface area (Å²) in [5, 5.41) is 0. The maximum absolute atomic E-state index is 2.68. The summed E-state index contributed by atoms with van der Waals surface area (Å²) in [5.74, 6) is 0. The van der Waals surface area contributed by atoms with Crippen LogP contribution in [0.1, 0.15) is 55.4 Å². The summed E-state index contributed by atoms with van der Waals surface area (Å²) in [6, 6.07) is 0. The Kier molecular flexibility index (Phi) is 5.86. The molecule has 0 unspecified atom stereocenters. The Labute approximate surface area is 113 Å². The molecule has 0 aromatic rings. The molecule has 0 atom stereocenters. The molecule has 1 aliphatic rings. The topological polar surface area (TPSA) is 0 Å². The number of rotatable bonds is 4. The Hall–Kier alpha value is 2.30. The van der Waals surface area contributed by atoms with Crippen LogP contribution in [0.3, 0.4) is 0 Å². The van der Waals surface area contributed by atoms with Crippen LogP contribution in [0.15, 0.2) is 0 Å². The van der Waals surface area contributed by atoms with Crippen molar-refractivity contribution in [2.75, 3.05) is 0 Å². The summed E-state index contributed by atoms with van der Waals surface area (Å²) in [6.07, 6.45) is 5.37. The molecule has 0 aliphatic carbocycles. The quantitative estimate of drug-likeness (QED) is 0.460. The SMILES string of the molecule is C[CH](C)[Sn]1([CH](C)C)[S][Sn]([CH](C)C)([CH](C)C)[S]1. The van der Waals surface area contributed by atoms with Crippen molar-refractivity contribution in [3.05, 3.63) is 0 Å². The first-order valence-corrected chi connectivity index (χ1v) is 28.8. The molecule has 0 N–H and O–H groups in total. The molecule has 1 fully saturated rings. The van der Waals surface area contributed by atoms with Crippen LogP contribution in [0.4, 0.5) is 0 Å². The zero-order chi connectivity index (χ0) is 12.7. The van der Waals surface area contributed by atoms with Crippen molar-refractivity contribution in [3.8, 4) is 0 Å². The van der Waals surface area contributed by atoms with Crippen LogP contribution >= 0.6 is 12.3 Å². The van der Waals surface area contributed by atoms with Gasteiger partial charge in [-0.2, -0.15) is 0 Å². The van der Waals surface area contributed by atoms with Gasteiger partial charge in [-0.3, -0.25) is 0 Å². The van der Waals surface area contributed by atoms with Gasteiger partial charge in [-0.15, -0.1) is 0 Å². The van der Waals surface area contributed by atoms with E-state index in [1.807, 2.05) is 0 Å². The molecule has 0 spiro atoms. The Morgan fingerprint density at radius 1 is 0.500 bits per heavy atom. The molecule has 4 heteroatoms. The van der Waals surface area contributed by atoms with E-state index in [0.29, 0.717) is 0 Å². The summed E-state index contributed by atoms with van der Waals surface area (Å²) >= 11 is -3.68. The van der Waals surface area contributed by atoms with E-state index in [1.54, 1.807) is 0 Å². The summed E-state index contributed by atoms with van der Waals surface area (Å²) in [6.45, 7) is 20.1. The Morgan fingerprint density at radius 2 is 0.688 bits per heavy atom. The van der Waals surface area contributed by atoms with Crippen molar-refractivity contribution in [1.82, 2.24) is 0 Å². The predicted molar refractivity (Wildman–Crippen MR) is 87.1 cm³/mol. The van der Waals surface area contributed by atoms with Crippen molar-refractivity contribution in [3.63, 3.8) is 0 Å². The second-order valence-corrected chi connectivity index (χ2v) is 76.6. The Bertz CT molecular complexity index is 199. The summed E-state index contributed by atoms with van der Waals surface area (Å²) < 4.78 is 4.08. The third-order valence-electron chi connectivity index (χ3n) is 3.86. The van der Waals surface area contributed by atoms with Crippen LogP contribution in [-0.4, -0.2) is 31.2 Å². The molecule has 0 aromatic carbocycles. The molecule has 0 radical (unpaired) electrons. The average Bonchev–Trinajstić information content (AvgIpc) is 1.98. The molecule has 0 aromatic heterocycles. The molecule has 0 nitrogen and oxygen atoms in total. The zero-order valence-electron chi connectivity index (χ0n) is 12.1. The van der Waals surface area contributed by atoms with Gasteiger partial charge in [0.1, 0.15) is 0 Å². The van der Waals surface area contributed by atoms with Gasteiger partial charge in [-0.05, 0) is 0 Å².